The molecule has 0 radical (unpaired) electrons. The minimum absolute atomic E-state index is 0.289. The molecule has 1 fully saturated rings. The minimum atomic E-state index is 0.289. The number of ether oxygens (including phenoxy) is 1. The van der Waals surface area contributed by atoms with Gasteiger partial charge in [-0.1, -0.05) is 6.07 Å². The van der Waals surface area contributed by atoms with E-state index in [0.29, 0.717) is 18.9 Å². The van der Waals surface area contributed by atoms with Crippen LogP contribution in [0.25, 0.3) is 0 Å². The molecule has 1 aliphatic heterocycles. The van der Waals surface area contributed by atoms with Crippen molar-refractivity contribution >= 4 is 33.5 Å². The molecule has 1 aliphatic rings. The predicted molar refractivity (Wildman–Crippen MR) is 83.1 cm³/mol. The summed E-state index contributed by atoms with van der Waals surface area (Å²) in [6, 6.07) is 6.14. The number of benzene rings is 1. The average Bonchev–Trinajstić information content (AvgIpc) is 2.40. The first-order valence-corrected chi connectivity index (χ1v) is 8.29. The summed E-state index contributed by atoms with van der Waals surface area (Å²) in [6.07, 6.45) is 1.11. The van der Waals surface area contributed by atoms with Crippen molar-refractivity contribution in [3.05, 3.63) is 28.2 Å². The molecule has 1 N–H and O–H groups in total. The van der Waals surface area contributed by atoms with E-state index < -0.39 is 0 Å². The van der Waals surface area contributed by atoms with Crippen LogP contribution in [-0.4, -0.2) is 37.0 Å². The van der Waals surface area contributed by atoms with Crippen LogP contribution in [0.3, 0.4) is 0 Å². The molecule has 104 valence electrons. The van der Waals surface area contributed by atoms with Gasteiger partial charge in [-0.3, -0.25) is 4.79 Å². The van der Waals surface area contributed by atoms with E-state index in [-0.39, 0.29) is 5.78 Å². The highest BCUT2D eigenvalue weighted by Gasteiger charge is 2.17. The molecule has 0 saturated carbocycles. The lowest BCUT2D eigenvalue weighted by Crippen LogP contribution is -2.39. The first-order chi connectivity index (χ1) is 9.19. The normalized spacial score (nSPS) is 19.2. The number of carbonyl (C=O) groups is 1. The van der Waals surface area contributed by atoms with Gasteiger partial charge in [0.1, 0.15) is 11.5 Å². The van der Waals surface area contributed by atoms with Gasteiger partial charge in [0.05, 0.1) is 11.6 Å². The number of carbonyl (C=O) groups excluding carboxylic acids is 1. The van der Waals surface area contributed by atoms with E-state index >= 15 is 0 Å². The summed E-state index contributed by atoms with van der Waals surface area (Å²) in [5.74, 6) is 3.27. The zero-order chi connectivity index (χ0) is 13.7. The molecule has 0 aliphatic carbocycles. The monoisotopic (exact) mass is 343 g/mol. The molecular formula is C14H18BrNO2S. The van der Waals surface area contributed by atoms with Crippen molar-refractivity contribution in [1.29, 1.82) is 0 Å². The summed E-state index contributed by atoms with van der Waals surface area (Å²) in [6.45, 7) is 1.01. The molecule has 1 aromatic carbocycles. The highest BCUT2D eigenvalue weighted by atomic mass is 79.9. The fourth-order valence-corrected chi connectivity index (χ4v) is 3.68. The number of hydrogen-bond acceptors (Lipinski definition) is 4. The molecule has 2 rings (SSSR count). The Hall–Kier alpha value is -0.520. The molecule has 3 nitrogen and oxygen atoms in total. The van der Waals surface area contributed by atoms with E-state index in [1.807, 2.05) is 30.0 Å². The Morgan fingerprint density at radius 2 is 2.42 bits per heavy atom. The van der Waals surface area contributed by atoms with Gasteiger partial charge in [-0.25, -0.2) is 0 Å². The van der Waals surface area contributed by atoms with E-state index in [0.717, 1.165) is 33.8 Å². The maximum absolute atomic E-state index is 12.1. The molecule has 0 aromatic heterocycles. The van der Waals surface area contributed by atoms with Crippen molar-refractivity contribution in [2.75, 3.05) is 25.2 Å². The Bertz CT molecular complexity index is 447. The van der Waals surface area contributed by atoms with E-state index in [4.69, 9.17) is 4.74 Å². The summed E-state index contributed by atoms with van der Waals surface area (Å²) < 4.78 is 6.08. The second-order valence-electron chi connectivity index (χ2n) is 4.61. The van der Waals surface area contributed by atoms with Crippen LogP contribution in [0.4, 0.5) is 0 Å². The zero-order valence-electron chi connectivity index (χ0n) is 10.9. The summed E-state index contributed by atoms with van der Waals surface area (Å²) in [7, 11) is 1.64. The van der Waals surface area contributed by atoms with Gasteiger partial charge in [-0.2, -0.15) is 11.8 Å². The predicted octanol–water partition coefficient (Wildman–Crippen LogP) is 2.66. The highest BCUT2D eigenvalue weighted by molar-refractivity contribution is 9.10. The lowest BCUT2D eigenvalue weighted by molar-refractivity contribution is -0.118. The Morgan fingerprint density at radius 1 is 1.58 bits per heavy atom. The molecule has 1 unspecified atom stereocenters. The SMILES string of the molecule is COc1ccc(CC(=O)CC2CSCCN2)cc1Br. The van der Waals surface area contributed by atoms with E-state index in [1.54, 1.807) is 7.11 Å². The quantitative estimate of drug-likeness (QED) is 0.891. The van der Waals surface area contributed by atoms with Crippen LogP contribution < -0.4 is 10.1 Å². The first kappa shape index (κ1) is 14.9. The van der Waals surface area contributed by atoms with Crippen molar-refractivity contribution in [2.24, 2.45) is 0 Å². The second-order valence-corrected chi connectivity index (χ2v) is 6.62. The van der Waals surface area contributed by atoms with Crippen LogP contribution in [0.2, 0.25) is 0 Å². The summed E-state index contributed by atoms with van der Waals surface area (Å²) in [4.78, 5) is 12.1. The third kappa shape index (κ3) is 4.51. The molecular weight excluding hydrogens is 326 g/mol. The van der Waals surface area contributed by atoms with Gasteiger partial charge in [0.25, 0.3) is 0 Å². The molecule has 1 saturated heterocycles. The number of hydrogen-bond donors (Lipinski definition) is 1. The fraction of sp³-hybridized carbons (Fsp3) is 0.500. The minimum Gasteiger partial charge on any atom is -0.496 e. The molecule has 5 heteroatoms. The van der Waals surface area contributed by atoms with Gasteiger partial charge >= 0.3 is 0 Å². The largest absolute Gasteiger partial charge is 0.496 e. The van der Waals surface area contributed by atoms with E-state index in [1.165, 1.54) is 0 Å². The van der Waals surface area contributed by atoms with Gasteiger partial charge < -0.3 is 10.1 Å². The number of ketones is 1. The lowest BCUT2D eigenvalue weighted by Gasteiger charge is -2.22. The Morgan fingerprint density at radius 3 is 3.05 bits per heavy atom. The van der Waals surface area contributed by atoms with E-state index in [2.05, 4.69) is 21.2 Å². The summed E-state index contributed by atoms with van der Waals surface area (Å²) >= 11 is 5.36. The first-order valence-electron chi connectivity index (χ1n) is 6.34. The topological polar surface area (TPSA) is 38.3 Å². The van der Waals surface area contributed by atoms with Crippen molar-refractivity contribution in [3.63, 3.8) is 0 Å². The van der Waals surface area contributed by atoms with Gasteiger partial charge in [0, 0.05) is 36.9 Å². The molecule has 19 heavy (non-hydrogen) atoms. The van der Waals surface area contributed by atoms with Gasteiger partial charge in [-0.15, -0.1) is 0 Å². The van der Waals surface area contributed by atoms with Crippen molar-refractivity contribution < 1.29 is 9.53 Å². The Labute approximate surface area is 126 Å². The third-order valence-corrected chi connectivity index (χ3v) is 4.84. The maximum Gasteiger partial charge on any atom is 0.138 e. The lowest BCUT2D eigenvalue weighted by atomic mass is 10.0. The van der Waals surface area contributed by atoms with Crippen LogP contribution >= 0.6 is 27.7 Å². The third-order valence-electron chi connectivity index (χ3n) is 3.09. The fourth-order valence-electron chi connectivity index (χ4n) is 2.15. The average molecular weight is 344 g/mol. The Kier molecular flexibility index (Phi) is 5.73. The van der Waals surface area contributed by atoms with Gasteiger partial charge in [-0.05, 0) is 33.6 Å². The molecule has 1 aromatic rings. The van der Waals surface area contributed by atoms with Crippen molar-refractivity contribution in [1.82, 2.24) is 5.32 Å². The molecule has 1 heterocycles. The van der Waals surface area contributed by atoms with Crippen LogP contribution in [0.15, 0.2) is 22.7 Å². The zero-order valence-corrected chi connectivity index (χ0v) is 13.4. The standard InChI is InChI=1S/C14H18BrNO2S/c1-18-14-3-2-10(7-13(14)15)6-12(17)8-11-9-19-5-4-16-11/h2-3,7,11,16H,4-6,8-9H2,1H3. The van der Waals surface area contributed by atoms with Crippen LogP contribution in [-0.2, 0) is 11.2 Å². The summed E-state index contributed by atoms with van der Waals surface area (Å²) in [5, 5.41) is 3.39. The highest BCUT2D eigenvalue weighted by Crippen LogP contribution is 2.26. The Balaban J connectivity index is 1.89. The number of rotatable bonds is 5. The van der Waals surface area contributed by atoms with Crippen molar-refractivity contribution in [3.8, 4) is 5.75 Å². The number of methoxy groups -OCH3 is 1. The van der Waals surface area contributed by atoms with Gasteiger partial charge in [0.15, 0.2) is 0 Å². The maximum atomic E-state index is 12.1. The molecule has 0 bridgehead atoms. The number of Topliss-reactive ketones (excluding diaryl/α,β-unsaturated/α-hetero) is 1. The second kappa shape index (κ2) is 7.31. The number of thioether (sulfide) groups is 1. The molecule has 1 atom stereocenters. The van der Waals surface area contributed by atoms with Crippen LogP contribution in [0.1, 0.15) is 12.0 Å². The van der Waals surface area contributed by atoms with Crippen LogP contribution in [0, 0.1) is 0 Å². The van der Waals surface area contributed by atoms with Crippen LogP contribution in [0.5, 0.6) is 5.75 Å². The van der Waals surface area contributed by atoms with Crippen molar-refractivity contribution in [2.45, 2.75) is 18.9 Å². The van der Waals surface area contributed by atoms with E-state index in [9.17, 15) is 4.79 Å². The number of halogens is 1. The van der Waals surface area contributed by atoms with Gasteiger partial charge in [0.2, 0.25) is 0 Å². The summed E-state index contributed by atoms with van der Waals surface area (Å²) in [5.41, 5.74) is 1.03. The smallest absolute Gasteiger partial charge is 0.138 e. The molecule has 0 amide bonds. The number of nitrogens with one attached hydrogen (secondary N) is 1. The molecule has 0 spiro atoms.